The molecule has 1 fully saturated rings. The van der Waals surface area contributed by atoms with E-state index >= 15 is 0 Å². The number of halogens is 1. The third kappa shape index (κ3) is 5.68. The molecular formula is C26H29FN4O2. The lowest BCUT2D eigenvalue weighted by molar-refractivity contribution is 0.189. The molecule has 1 aromatic heterocycles. The number of urea groups is 1. The first-order valence-electron chi connectivity index (χ1n) is 11.3. The van der Waals surface area contributed by atoms with Gasteiger partial charge >= 0.3 is 6.03 Å². The van der Waals surface area contributed by atoms with Gasteiger partial charge < -0.3 is 14.8 Å². The van der Waals surface area contributed by atoms with E-state index in [0.29, 0.717) is 13.1 Å². The lowest BCUT2D eigenvalue weighted by atomic mass is 10.2. The number of amides is 2. The predicted molar refractivity (Wildman–Crippen MR) is 128 cm³/mol. The van der Waals surface area contributed by atoms with Gasteiger partial charge in [-0.3, -0.25) is 9.69 Å². The van der Waals surface area contributed by atoms with Crippen LogP contribution < -0.4 is 10.9 Å². The second-order valence-electron chi connectivity index (χ2n) is 8.36. The number of aromatic nitrogens is 1. The number of nitrogens with zero attached hydrogens (tertiary/aromatic N) is 3. The summed E-state index contributed by atoms with van der Waals surface area (Å²) in [5, 5.41) is 2.81. The maximum atomic E-state index is 13.2. The average Bonchev–Trinajstić information content (AvgIpc) is 3.27. The van der Waals surface area contributed by atoms with Gasteiger partial charge in [-0.2, -0.15) is 0 Å². The molecule has 1 unspecified atom stereocenters. The van der Waals surface area contributed by atoms with Gasteiger partial charge in [0.15, 0.2) is 0 Å². The van der Waals surface area contributed by atoms with Crippen LogP contribution >= 0.6 is 0 Å². The standard InChI is InChI=1S/C26H29FN4O2/c1-2-31(23-14-16-29(19-23)17-20-7-4-3-5-8-20)26(33)28-24-9-6-15-30(25(24)32)18-21-10-12-22(27)13-11-21/h3-13,15,23H,2,14,16-19H2,1H3,(H,28,33). The molecule has 1 aliphatic heterocycles. The quantitative estimate of drug-likeness (QED) is 0.590. The fourth-order valence-electron chi connectivity index (χ4n) is 4.35. The maximum absolute atomic E-state index is 13.2. The van der Waals surface area contributed by atoms with Crippen LogP contribution in [0.15, 0.2) is 77.7 Å². The highest BCUT2D eigenvalue weighted by atomic mass is 19.1. The van der Waals surface area contributed by atoms with Crippen molar-refractivity contribution in [3.63, 3.8) is 0 Å². The van der Waals surface area contributed by atoms with E-state index in [-0.39, 0.29) is 29.1 Å². The first-order chi connectivity index (χ1) is 16.0. The highest BCUT2D eigenvalue weighted by Gasteiger charge is 2.30. The van der Waals surface area contributed by atoms with E-state index in [2.05, 4.69) is 22.3 Å². The molecule has 1 atom stereocenters. The molecule has 1 aliphatic rings. The van der Waals surface area contributed by atoms with Gasteiger partial charge in [-0.25, -0.2) is 9.18 Å². The van der Waals surface area contributed by atoms with Crippen LogP contribution in [0.2, 0.25) is 0 Å². The van der Waals surface area contributed by atoms with E-state index in [0.717, 1.165) is 31.6 Å². The van der Waals surface area contributed by atoms with Crippen LogP contribution in [0.3, 0.4) is 0 Å². The van der Waals surface area contributed by atoms with Gasteiger partial charge in [0.05, 0.1) is 6.54 Å². The number of rotatable bonds is 7. The summed E-state index contributed by atoms with van der Waals surface area (Å²) in [4.78, 5) is 30.1. The number of pyridine rings is 1. The normalized spacial score (nSPS) is 16.0. The number of benzene rings is 2. The monoisotopic (exact) mass is 448 g/mol. The van der Waals surface area contributed by atoms with Gasteiger partial charge in [-0.15, -0.1) is 0 Å². The molecule has 2 amide bonds. The fraction of sp³-hybridized carbons (Fsp3) is 0.308. The van der Waals surface area contributed by atoms with Gasteiger partial charge in [-0.1, -0.05) is 42.5 Å². The molecule has 0 aliphatic carbocycles. The smallest absolute Gasteiger partial charge is 0.320 e. The summed E-state index contributed by atoms with van der Waals surface area (Å²) in [5.41, 5.74) is 2.02. The molecule has 172 valence electrons. The molecular weight excluding hydrogens is 419 g/mol. The van der Waals surface area contributed by atoms with E-state index < -0.39 is 0 Å². The van der Waals surface area contributed by atoms with Crippen LogP contribution in [-0.4, -0.2) is 46.1 Å². The van der Waals surface area contributed by atoms with Crippen molar-refractivity contribution in [3.8, 4) is 0 Å². The van der Waals surface area contributed by atoms with Crippen molar-refractivity contribution in [2.24, 2.45) is 0 Å². The molecule has 0 saturated carbocycles. The van der Waals surface area contributed by atoms with Crippen molar-refractivity contribution in [2.75, 3.05) is 25.0 Å². The minimum Gasteiger partial charge on any atom is -0.320 e. The summed E-state index contributed by atoms with van der Waals surface area (Å²) in [6.07, 6.45) is 2.56. The number of nitrogens with one attached hydrogen (secondary N) is 1. The van der Waals surface area contributed by atoms with Crippen molar-refractivity contribution in [1.82, 2.24) is 14.4 Å². The molecule has 1 N–H and O–H groups in total. The van der Waals surface area contributed by atoms with Crippen LogP contribution in [0.1, 0.15) is 24.5 Å². The molecule has 4 rings (SSSR count). The summed E-state index contributed by atoms with van der Waals surface area (Å²) < 4.78 is 14.7. The molecule has 2 aromatic carbocycles. The van der Waals surface area contributed by atoms with E-state index in [1.54, 1.807) is 30.5 Å². The maximum Gasteiger partial charge on any atom is 0.322 e. The molecule has 6 nitrogen and oxygen atoms in total. The Morgan fingerprint density at radius 1 is 1.03 bits per heavy atom. The topological polar surface area (TPSA) is 57.6 Å². The van der Waals surface area contributed by atoms with Crippen LogP contribution in [0.4, 0.5) is 14.9 Å². The van der Waals surface area contributed by atoms with Crippen molar-refractivity contribution < 1.29 is 9.18 Å². The van der Waals surface area contributed by atoms with Crippen LogP contribution in [0, 0.1) is 5.82 Å². The molecule has 7 heteroatoms. The number of likely N-dealkylation sites (N-methyl/N-ethyl adjacent to an activating group) is 1. The first-order valence-corrected chi connectivity index (χ1v) is 11.3. The second kappa shape index (κ2) is 10.4. The summed E-state index contributed by atoms with van der Waals surface area (Å²) >= 11 is 0. The zero-order valence-electron chi connectivity index (χ0n) is 18.8. The van der Waals surface area contributed by atoms with Gasteiger partial charge in [0.2, 0.25) is 0 Å². The van der Waals surface area contributed by atoms with Crippen molar-refractivity contribution in [3.05, 3.63) is 100 Å². The molecule has 0 radical (unpaired) electrons. The third-order valence-corrected chi connectivity index (χ3v) is 6.07. The molecule has 2 heterocycles. The Balaban J connectivity index is 1.40. The van der Waals surface area contributed by atoms with E-state index in [1.807, 2.05) is 30.0 Å². The van der Waals surface area contributed by atoms with Crippen molar-refractivity contribution in [2.45, 2.75) is 32.5 Å². The lowest BCUT2D eigenvalue weighted by Gasteiger charge is -2.28. The Labute approximate surface area is 193 Å². The average molecular weight is 449 g/mol. The Kier molecular flexibility index (Phi) is 7.19. The van der Waals surface area contributed by atoms with Crippen molar-refractivity contribution in [1.29, 1.82) is 0 Å². The van der Waals surface area contributed by atoms with Crippen LogP contribution in [0.5, 0.6) is 0 Å². The zero-order valence-corrected chi connectivity index (χ0v) is 18.8. The summed E-state index contributed by atoms with van der Waals surface area (Å²) in [6, 6.07) is 19.5. The molecule has 33 heavy (non-hydrogen) atoms. The minimum atomic E-state index is -0.319. The number of hydrogen-bond donors (Lipinski definition) is 1. The number of likely N-dealkylation sites (tertiary alicyclic amines) is 1. The van der Waals surface area contributed by atoms with Gasteiger partial charge in [0.1, 0.15) is 11.5 Å². The second-order valence-corrected chi connectivity index (χ2v) is 8.36. The number of carbonyl (C=O) groups excluding carboxylic acids is 1. The van der Waals surface area contributed by atoms with Crippen LogP contribution in [0.25, 0.3) is 0 Å². The Hall–Kier alpha value is -3.45. The van der Waals surface area contributed by atoms with E-state index in [4.69, 9.17) is 0 Å². The number of carbonyl (C=O) groups is 1. The number of anilines is 1. The van der Waals surface area contributed by atoms with Crippen LogP contribution in [-0.2, 0) is 13.1 Å². The Bertz CT molecular complexity index is 1130. The summed E-state index contributed by atoms with van der Waals surface area (Å²) in [5.74, 6) is -0.319. The SMILES string of the molecule is CCN(C(=O)Nc1cccn(Cc2ccc(F)cc2)c1=O)C1CCN(Cc2ccccc2)C1. The largest absolute Gasteiger partial charge is 0.322 e. The summed E-state index contributed by atoms with van der Waals surface area (Å²) in [6.45, 7) is 5.42. The highest BCUT2D eigenvalue weighted by Crippen LogP contribution is 2.19. The summed E-state index contributed by atoms with van der Waals surface area (Å²) in [7, 11) is 0. The molecule has 0 spiro atoms. The van der Waals surface area contributed by atoms with Gasteiger partial charge in [0.25, 0.3) is 5.56 Å². The van der Waals surface area contributed by atoms with Gasteiger partial charge in [-0.05, 0) is 48.7 Å². The van der Waals surface area contributed by atoms with Gasteiger partial charge in [0, 0.05) is 38.4 Å². The third-order valence-electron chi connectivity index (χ3n) is 6.07. The Morgan fingerprint density at radius 3 is 2.48 bits per heavy atom. The number of hydrogen-bond acceptors (Lipinski definition) is 3. The zero-order chi connectivity index (χ0) is 23.2. The fourth-order valence-corrected chi connectivity index (χ4v) is 4.35. The Morgan fingerprint density at radius 2 is 1.76 bits per heavy atom. The molecule has 1 saturated heterocycles. The highest BCUT2D eigenvalue weighted by molar-refractivity contribution is 5.89. The first kappa shape index (κ1) is 22.7. The molecule has 3 aromatic rings. The van der Waals surface area contributed by atoms with Crippen molar-refractivity contribution >= 4 is 11.7 Å². The molecule has 0 bridgehead atoms. The van der Waals surface area contributed by atoms with E-state index in [9.17, 15) is 14.0 Å². The predicted octanol–water partition coefficient (Wildman–Crippen LogP) is 4.16. The lowest BCUT2D eigenvalue weighted by Crippen LogP contribution is -2.45. The minimum absolute atomic E-state index is 0.101. The van der Waals surface area contributed by atoms with E-state index in [1.165, 1.54) is 22.3 Å².